The van der Waals surface area contributed by atoms with E-state index in [0.717, 1.165) is 40.1 Å². The summed E-state index contributed by atoms with van der Waals surface area (Å²) in [5.74, 6) is -5.00. The third-order valence-electron chi connectivity index (χ3n) is 6.87. The van der Waals surface area contributed by atoms with Gasteiger partial charge in [-0.15, -0.1) is 23.1 Å². The number of anilines is 3. The van der Waals surface area contributed by atoms with Crippen LogP contribution in [-0.2, 0) is 24.0 Å². The molecule has 2 aliphatic heterocycles. The highest BCUT2D eigenvalue weighted by molar-refractivity contribution is 8.01. The number of phenols is 2. The number of β-lactam (4-membered cyclic amide) rings is 1. The van der Waals surface area contributed by atoms with Gasteiger partial charge in [0.1, 0.15) is 34.4 Å². The molecular weight excluding hydrogens is 679 g/mol. The number of aliphatic carboxylic acids is 2. The first-order chi connectivity index (χ1) is 22.3. The number of thiazole rings is 1. The smallest absolute Gasteiger partial charge is 0.352 e. The molecule has 21 heteroatoms. The number of rotatable bonds is 11. The zero-order chi connectivity index (χ0) is 34.2. The fourth-order valence-electron chi connectivity index (χ4n) is 4.41. The summed E-state index contributed by atoms with van der Waals surface area (Å²) in [5, 5.41) is 46.2. The predicted molar refractivity (Wildman–Crippen MR) is 170 cm³/mol. The summed E-state index contributed by atoms with van der Waals surface area (Å²) in [6, 6.07) is 1.99. The molecule has 0 saturated carbocycles. The molecule has 0 radical (unpaired) electrons. The molecule has 5 rings (SSSR count). The summed E-state index contributed by atoms with van der Waals surface area (Å²) in [5.41, 5.74) is 17.4. The molecule has 2 amide bonds. The van der Waals surface area contributed by atoms with Crippen molar-refractivity contribution in [1.29, 1.82) is 0 Å². The van der Waals surface area contributed by atoms with E-state index in [-0.39, 0.29) is 50.4 Å². The topological polar surface area (TPSA) is 303 Å². The van der Waals surface area contributed by atoms with Crippen LogP contribution >= 0.6 is 34.9 Å². The summed E-state index contributed by atoms with van der Waals surface area (Å²) in [6.07, 6.45) is -1.83. The molecule has 1 fully saturated rings. The molecule has 18 nitrogen and oxygen atoms in total. The number of aromatic hydroxyl groups is 2. The Labute approximate surface area is 276 Å². The van der Waals surface area contributed by atoms with Crippen molar-refractivity contribution < 1.29 is 44.4 Å². The van der Waals surface area contributed by atoms with Gasteiger partial charge >= 0.3 is 11.9 Å². The number of phenolic OH excluding ortho intramolecular Hbond substituents is 2. The molecule has 1 aromatic carbocycles. The van der Waals surface area contributed by atoms with Crippen molar-refractivity contribution in [1.82, 2.24) is 25.2 Å². The normalized spacial score (nSPS) is 18.3. The molecule has 2 aromatic heterocycles. The van der Waals surface area contributed by atoms with E-state index in [1.54, 1.807) is 6.92 Å². The highest BCUT2D eigenvalue weighted by atomic mass is 32.2. The fraction of sp³-hybridized carbons (Fsp3) is 0.231. The third-order valence-corrected chi connectivity index (χ3v) is 9.82. The molecule has 246 valence electrons. The van der Waals surface area contributed by atoms with Crippen LogP contribution in [0.3, 0.4) is 0 Å². The third kappa shape index (κ3) is 6.66. The lowest BCUT2D eigenvalue weighted by Gasteiger charge is -2.49. The second-order valence-corrected chi connectivity index (χ2v) is 12.8. The number of nitrogens with zero attached hydrogens (tertiary/aromatic N) is 5. The van der Waals surface area contributed by atoms with E-state index in [9.17, 15) is 39.6 Å². The number of nitrogen functional groups attached to an aromatic ring is 3. The average Bonchev–Trinajstić information content (AvgIpc) is 3.45. The number of amides is 2. The molecule has 0 spiro atoms. The quantitative estimate of drug-likeness (QED) is 0.0336. The number of hydrogen-bond acceptors (Lipinski definition) is 17. The van der Waals surface area contributed by atoms with Gasteiger partial charge in [-0.2, -0.15) is 0 Å². The first-order valence-electron chi connectivity index (χ1n) is 13.2. The molecule has 47 heavy (non-hydrogen) atoms. The summed E-state index contributed by atoms with van der Waals surface area (Å²) >= 11 is 3.27. The number of aromatic nitrogens is 3. The first kappa shape index (κ1) is 33.1. The lowest BCUT2D eigenvalue weighted by molar-refractivity contribution is -0.151. The first-order valence-corrected chi connectivity index (χ1v) is 16.1. The second-order valence-electron chi connectivity index (χ2n) is 9.89. The maximum absolute atomic E-state index is 13.4. The number of carboxylic acids is 2. The molecule has 11 N–H and O–H groups in total. The zero-order valence-electron chi connectivity index (χ0n) is 24.0. The highest BCUT2D eigenvalue weighted by Gasteiger charge is 2.54. The van der Waals surface area contributed by atoms with Crippen LogP contribution in [0.1, 0.15) is 22.9 Å². The van der Waals surface area contributed by atoms with Crippen LogP contribution in [0.2, 0.25) is 0 Å². The lowest BCUT2D eigenvalue weighted by atomic mass is 10.0. The Morgan fingerprint density at radius 2 is 1.85 bits per heavy atom. The van der Waals surface area contributed by atoms with E-state index < -0.39 is 58.5 Å². The van der Waals surface area contributed by atoms with Crippen molar-refractivity contribution in [2.75, 3.05) is 28.7 Å². The fourth-order valence-corrected chi connectivity index (χ4v) is 7.30. The summed E-state index contributed by atoms with van der Waals surface area (Å²) < 4.78 is 0. The van der Waals surface area contributed by atoms with Gasteiger partial charge in [0, 0.05) is 28.0 Å². The summed E-state index contributed by atoms with van der Waals surface area (Å²) in [7, 11) is 0. The lowest BCUT2D eigenvalue weighted by Crippen LogP contribution is -2.71. The van der Waals surface area contributed by atoms with Gasteiger partial charge < -0.3 is 47.8 Å². The van der Waals surface area contributed by atoms with Crippen molar-refractivity contribution in [2.45, 2.75) is 29.6 Å². The summed E-state index contributed by atoms with van der Waals surface area (Å²) in [4.78, 5) is 69.5. The number of carboxylic acid groups (broad SMARTS) is 2. The van der Waals surface area contributed by atoms with Crippen LogP contribution in [0, 0.1) is 6.92 Å². The van der Waals surface area contributed by atoms with Crippen molar-refractivity contribution >= 4 is 81.1 Å². The van der Waals surface area contributed by atoms with E-state index in [1.807, 2.05) is 0 Å². The molecule has 1 saturated heterocycles. The van der Waals surface area contributed by atoms with E-state index in [2.05, 4.69) is 25.4 Å². The van der Waals surface area contributed by atoms with Gasteiger partial charge in [0.2, 0.25) is 6.10 Å². The number of fused-ring (bicyclic) bond motifs is 1. The number of carbonyl (C=O) groups is 4. The largest absolute Gasteiger partial charge is 0.504 e. The van der Waals surface area contributed by atoms with Crippen LogP contribution in [0.5, 0.6) is 11.5 Å². The maximum Gasteiger partial charge on any atom is 0.352 e. The molecule has 4 heterocycles. The van der Waals surface area contributed by atoms with Gasteiger partial charge in [-0.25, -0.2) is 24.5 Å². The molecule has 2 aliphatic rings. The zero-order valence-corrected chi connectivity index (χ0v) is 26.4. The van der Waals surface area contributed by atoms with Crippen molar-refractivity contribution in [3.63, 3.8) is 0 Å². The maximum atomic E-state index is 13.4. The minimum absolute atomic E-state index is 0.0514. The Hall–Kier alpha value is -5.28. The van der Waals surface area contributed by atoms with Crippen LogP contribution in [0.4, 0.5) is 16.8 Å². The van der Waals surface area contributed by atoms with Crippen LogP contribution in [-0.4, -0.2) is 92.7 Å². The van der Waals surface area contributed by atoms with Crippen molar-refractivity contribution in [2.24, 2.45) is 5.16 Å². The number of hydrogen-bond donors (Lipinski definition) is 8. The van der Waals surface area contributed by atoms with E-state index in [0.29, 0.717) is 11.1 Å². The highest BCUT2D eigenvalue weighted by Crippen LogP contribution is 2.41. The van der Waals surface area contributed by atoms with Gasteiger partial charge in [-0.1, -0.05) is 23.0 Å². The standard InChI is InChI=1S/C26H25N9O9S3/c1-8-18(27)32-26(33-19(8)28)47-6-10-5-45-22-15(21(39)35(22)16(10)23(40)41)31-20(38)14(11-7-46-25(29)30-11)34-44-17(24(42)43)9-2-3-12(36)13(37)4-9/h2-4,7,15,17,22,36-37H,5-6H2,1H3,(H2,29,30)(H,31,38)(H,40,41)(H,42,43)(H4,27,28,32,33)/b34-14-/t15?,17?,22-/m0/s1. The molecule has 3 aromatic rings. The van der Waals surface area contributed by atoms with E-state index in [4.69, 9.17) is 22.0 Å². The van der Waals surface area contributed by atoms with E-state index in [1.165, 1.54) is 23.2 Å². The van der Waals surface area contributed by atoms with Gasteiger partial charge in [0.25, 0.3) is 11.8 Å². The molecule has 2 unspecified atom stereocenters. The number of benzene rings is 1. The van der Waals surface area contributed by atoms with Gasteiger partial charge in [0.15, 0.2) is 27.5 Å². The second kappa shape index (κ2) is 13.2. The van der Waals surface area contributed by atoms with Crippen LogP contribution < -0.4 is 22.5 Å². The molecule has 0 bridgehead atoms. The Morgan fingerprint density at radius 1 is 1.15 bits per heavy atom. The number of nitrogens with one attached hydrogen (secondary N) is 1. The van der Waals surface area contributed by atoms with Crippen molar-refractivity contribution in [3.05, 3.63) is 51.7 Å². The average molecular weight is 704 g/mol. The van der Waals surface area contributed by atoms with E-state index >= 15 is 0 Å². The van der Waals surface area contributed by atoms with Gasteiger partial charge in [-0.3, -0.25) is 14.5 Å². The minimum atomic E-state index is -1.83. The van der Waals surface area contributed by atoms with Crippen molar-refractivity contribution in [3.8, 4) is 11.5 Å². The van der Waals surface area contributed by atoms with Gasteiger partial charge in [0.05, 0.1) is 0 Å². The molecular formula is C26H25N9O9S3. The predicted octanol–water partition coefficient (Wildman–Crippen LogP) is 0.477. The molecule has 0 aliphatic carbocycles. The Kier molecular flexibility index (Phi) is 9.31. The Balaban J connectivity index is 1.35. The Morgan fingerprint density at radius 3 is 2.45 bits per heavy atom. The van der Waals surface area contributed by atoms with Gasteiger partial charge in [-0.05, 0) is 24.6 Å². The summed E-state index contributed by atoms with van der Waals surface area (Å²) in [6.45, 7) is 1.66. The van der Waals surface area contributed by atoms with Crippen LogP contribution in [0.15, 0.2) is 45.2 Å². The van der Waals surface area contributed by atoms with Crippen LogP contribution in [0.25, 0.3) is 0 Å². The Bertz CT molecular complexity index is 1840. The SMILES string of the molecule is Cc1c(N)nc(SCC2=C(C(=O)O)N3C(=O)C(NC(=O)/C(=N\OC(C(=O)O)c4ccc(O)c(O)c4)c4csc(N)n4)[C@@H]3SC2)nc1N. The minimum Gasteiger partial charge on any atom is -0.504 e. The number of thioether (sulfide) groups is 2. The number of oxime groups is 1. The molecule has 3 atom stereocenters. The number of carbonyl (C=O) groups excluding carboxylic acids is 2. The monoisotopic (exact) mass is 703 g/mol. The number of nitrogens with two attached hydrogens (primary N) is 3.